The summed E-state index contributed by atoms with van der Waals surface area (Å²) in [7, 11) is -3.12. The van der Waals surface area contributed by atoms with E-state index in [1.54, 1.807) is 6.66 Å². The number of halogens is 6. The molecule has 0 bridgehead atoms. The monoisotopic (exact) mass is 730 g/mol. The molecule has 1 fully saturated rings. The number of aromatic nitrogens is 2. The van der Waals surface area contributed by atoms with E-state index in [-0.39, 0.29) is 79.1 Å². The van der Waals surface area contributed by atoms with E-state index in [4.69, 9.17) is 49.5 Å². The molecule has 2 aliphatic rings. The van der Waals surface area contributed by atoms with Crippen LogP contribution in [-0.2, 0) is 28.1 Å². The van der Waals surface area contributed by atoms with Gasteiger partial charge in [-0.1, -0.05) is 6.07 Å². The van der Waals surface area contributed by atoms with Gasteiger partial charge in [0.25, 0.3) is 0 Å². The third-order valence-electron chi connectivity index (χ3n) is 6.42. The van der Waals surface area contributed by atoms with Crippen LogP contribution in [0.2, 0.25) is 0 Å². The number of hydrogen-bond donors (Lipinski definition) is 0. The standard InChI is InChI=1S/C27H28F6N5O8PS/c1-34-9-11-43-47(3)46-18-12-21(45-20(18)14-40-2)37-13-19-23(36-25(37)48)38(24(39)26(28,29)30)22-16(6-4-7-17(22)44-19)41-10-5-8-35-15-42-27(31,32)33/h4,6-7,13,15,18,20-21H,5,8-12,14H2,2-3H3/t18?,20-,21-,47?/m1/s1/i2TD/t2?,18?,20-,21-,47?. The summed E-state index contributed by atoms with van der Waals surface area (Å²) in [4.78, 5) is 23.9. The average Bonchev–Trinajstić information content (AvgIpc) is 3.42. The number of ether oxygens (including phenoxy) is 5. The van der Waals surface area contributed by atoms with E-state index in [9.17, 15) is 31.1 Å². The summed E-state index contributed by atoms with van der Waals surface area (Å²) in [5.41, 5.74) is -0.441. The Morgan fingerprint density at radius 1 is 1.33 bits per heavy atom. The number of aliphatic imine (C=N–C) groups is 1. The largest absolute Gasteiger partial charge is 0.573 e. The molecule has 2 aromatic rings. The van der Waals surface area contributed by atoms with Crippen molar-refractivity contribution in [1.29, 1.82) is 0 Å². The molecule has 262 valence electrons. The Morgan fingerprint density at radius 3 is 2.83 bits per heavy atom. The SMILES string of the molecule is [2H]C([3H])OC[C@H]1O[C@@H](n2cc3c(nc2=S)N(C(=O)C(F)(F)F)c2c(OCCCN=COC(F)(F)F)cccc2O3)CC1OP(C)OCC[N+]#[C-]. The Kier molecular flexibility index (Phi) is 11.6. The number of fused-ring (bicyclic) bond motifs is 2. The lowest BCUT2D eigenvalue weighted by Gasteiger charge is -2.32. The van der Waals surface area contributed by atoms with Crippen molar-refractivity contribution in [2.75, 3.05) is 51.5 Å². The van der Waals surface area contributed by atoms with Crippen molar-refractivity contribution in [2.45, 2.75) is 43.8 Å². The lowest BCUT2D eigenvalue weighted by Crippen LogP contribution is -2.40. The predicted octanol–water partition coefficient (Wildman–Crippen LogP) is 6.48. The van der Waals surface area contributed by atoms with Gasteiger partial charge in [0.15, 0.2) is 32.1 Å². The Bertz CT molecular complexity index is 1630. The number of rotatable bonds is 14. The molecule has 0 N–H and O–H groups in total. The van der Waals surface area contributed by atoms with Crippen LogP contribution in [0, 0.1) is 11.3 Å². The van der Waals surface area contributed by atoms with Crippen LogP contribution in [0.25, 0.3) is 4.85 Å². The van der Waals surface area contributed by atoms with Crippen molar-refractivity contribution >= 4 is 44.4 Å². The number of nitrogens with zero attached hydrogens (tertiary/aromatic N) is 5. The van der Waals surface area contributed by atoms with E-state index in [2.05, 4.69) is 19.6 Å². The topological polar surface area (TPSA) is 119 Å². The molecule has 1 aromatic heterocycles. The Morgan fingerprint density at radius 2 is 2.12 bits per heavy atom. The lowest BCUT2D eigenvalue weighted by atomic mass is 10.2. The fourth-order valence-electron chi connectivity index (χ4n) is 4.50. The van der Waals surface area contributed by atoms with Crippen molar-refractivity contribution < 1.29 is 66.6 Å². The number of anilines is 2. The van der Waals surface area contributed by atoms with E-state index in [1.165, 1.54) is 29.0 Å². The quantitative estimate of drug-likeness (QED) is 0.0407. The van der Waals surface area contributed by atoms with Gasteiger partial charge >= 0.3 is 18.4 Å². The molecular weight excluding hydrogens is 699 g/mol. The van der Waals surface area contributed by atoms with Gasteiger partial charge in [0.1, 0.15) is 30.4 Å². The summed E-state index contributed by atoms with van der Waals surface area (Å²) in [6.07, 6.45) is -11.3. The molecule has 1 aromatic carbocycles. The molecule has 3 heterocycles. The molecule has 4 rings (SSSR count). The van der Waals surface area contributed by atoms with Crippen LogP contribution in [0.15, 0.2) is 29.4 Å². The minimum atomic E-state index is -5.39. The second kappa shape index (κ2) is 16.2. The molecule has 1 saturated heterocycles. The number of hydrogen-bond acceptors (Lipinski definition) is 11. The van der Waals surface area contributed by atoms with Gasteiger partial charge in [-0.05, 0) is 24.4 Å². The highest BCUT2D eigenvalue weighted by molar-refractivity contribution is 7.71. The summed E-state index contributed by atoms with van der Waals surface area (Å²) >= 11 is 5.41. The normalized spacial score (nSPS) is 21.0. The highest BCUT2D eigenvalue weighted by Crippen LogP contribution is 2.52. The molecule has 0 saturated carbocycles. The zero-order chi connectivity index (χ0) is 36.6. The van der Waals surface area contributed by atoms with E-state index in [0.29, 0.717) is 0 Å². The van der Waals surface area contributed by atoms with Crippen molar-refractivity contribution in [3.63, 3.8) is 0 Å². The summed E-state index contributed by atoms with van der Waals surface area (Å²) in [6.45, 7) is 8.14. The van der Waals surface area contributed by atoms with Gasteiger partial charge in [-0.2, -0.15) is 18.2 Å². The summed E-state index contributed by atoms with van der Waals surface area (Å²) < 4.78 is 131. The number of amides is 1. The highest BCUT2D eigenvalue weighted by atomic mass is 32.1. The maximum absolute atomic E-state index is 14.0. The van der Waals surface area contributed by atoms with Crippen LogP contribution < -0.4 is 14.4 Å². The average molecular weight is 731 g/mol. The lowest BCUT2D eigenvalue weighted by molar-refractivity contribution is -0.280. The van der Waals surface area contributed by atoms with Crippen LogP contribution in [-0.4, -0.2) is 93.2 Å². The summed E-state index contributed by atoms with van der Waals surface area (Å²) in [5, 5.41) is 0. The van der Waals surface area contributed by atoms with Gasteiger partial charge in [-0.25, -0.2) is 11.5 Å². The minimum Gasteiger partial charge on any atom is -0.491 e. The number of carbonyl (C=O) groups is 1. The Balaban J connectivity index is 1.60. The van der Waals surface area contributed by atoms with Crippen LogP contribution in [0.4, 0.5) is 37.8 Å². The van der Waals surface area contributed by atoms with Gasteiger partial charge in [-0.15, -0.1) is 13.2 Å². The zero-order valence-electron chi connectivity index (χ0n) is 26.8. The third-order valence-corrected chi connectivity index (χ3v) is 7.84. The van der Waals surface area contributed by atoms with Crippen LogP contribution in [0.3, 0.4) is 0 Å². The van der Waals surface area contributed by atoms with Crippen LogP contribution in [0.5, 0.6) is 17.2 Å². The highest BCUT2D eigenvalue weighted by Gasteiger charge is 2.48. The molecule has 13 nitrogen and oxygen atoms in total. The van der Waals surface area contributed by atoms with Crippen molar-refractivity contribution in [3.05, 3.63) is 40.6 Å². The number of benzene rings is 1. The fraction of sp³-hybridized carbons (Fsp3) is 0.519. The number of para-hydroxylation sites is 1. The molecule has 0 aliphatic carbocycles. The second-order valence-corrected chi connectivity index (χ2v) is 11.4. The first-order valence-electron chi connectivity index (χ1n) is 14.9. The zero-order valence-corrected chi connectivity index (χ0v) is 26.5. The first-order valence-corrected chi connectivity index (χ1v) is 15.8. The first-order chi connectivity index (χ1) is 23.6. The second-order valence-electron chi connectivity index (χ2n) is 9.74. The van der Waals surface area contributed by atoms with Crippen LogP contribution in [0.1, 0.15) is 21.8 Å². The molecule has 1 amide bonds. The molecule has 5 atom stereocenters. The summed E-state index contributed by atoms with van der Waals surface area (Å²) in [5.74, 6) is -3.71. The third kappa shape index (κ3) is 9.51. The van der Waals surface area contributed by atoms with E-state index >= 15 is 0 Å². The van der Waals surface area contributed by atoms with Gasteiger partial charge in [0.2, 0.25) is 11.3 Å². The van der Waals surface area contributed by atoms with E-state index < -0.39 is 63.8 Å². The number of carbonyl (C=O) groups excluding carboxylic acids is 1. The maximum atomic E-state index is 14.0. The molecule has 21 heteroatoms. The fourth-order valence-corrected chi connectivity index (χ4v) is 5.76. The minimum absolute atomic E-state index is 0.0238. The number of methoxy groups -OCH3 is 1. The molecule has 48 heavy (non-hydrogen) atoms. The van der Waals surface area contributed by atoms with Gasteiger partial charge in [-0.3, -0.25) is 14.4 Å². The van der Waals surface area contributed by atoms with Gasteiger partial charge in [0.05, 0.1) is 28.3 Å². The van der Waals surface area contributed by atoms with Crippen molar-refractivity contribution in [3.8, 4) is 17.2 Å². The Labute approximate surface area is 278 Å². The maximum Gasteiger partial charge on any atom is 0.573 e. The summed E-state index contributed by atoms with van der Waals surface area (Å²) in [6, 6.07) is 3.93. The van der Waals surface area contributed by atoms with Crippen molar-refractivity contribution in [1.82, 2.24) is 9.55 Å². The van der Waals surface area contributed by atoms with Gasteiger partial charge < -0.3 is 37.6 Å². The smallest absolute Gasteiger partial charge is 0.491 e. The Hall–Kier alpha value is -3.60. The molecule has 2 aliphatic heterocycles. The molecule has 3 unspecified atom stereocenters. The molecular formula is C27H28F6N5O8PS. The first kappa shape index (κ1) is 34.3. The number of alkyl halides is 6. The predicted molar refractivity (Wildman–Crippen MR) is 159 cm³/mol. The van der Waals surface area contributed by atoms with E-state index in [1.807, 2.05) is 0 Å². The van der Waals surface area contributed by atoms with E-state index in [0.717, 1.165) is 0 Å². The van der Waals surface area contributed by atoms with Crippen LogP contribution >= 0.6 is 20.6 Å². The molecule has 0 spiro atoms. The van der Waals surface area contributed by atoms with Crippen molar-refractivity contribution in [2.24, 2.45) is 4.99 Å². The molecule has 0 radical (unpaired) electrons. The van der Waals surface area contributed by atoms with Gasteiger partial charge in [0, 0.05) is 33.1 Å².